The number of aliphatic hydroxyl groups excluding tert-OH is 2. The van der Waals surface area contributed by atoms with E-state index in [9.17, 15) is 19.4 Å². The van der Waals surface area contributed by atoms with Gasteiger partial charge in [0, 0.05) is 47.6 Å². The van der Waals surface area contributed by atoms with Gasteiger partial charge in [0.1, 0.15) is 12.3 Å². The van der Waals surface area contributed by atoms with Gasteiger partial charge in [-0.05, 0) is 23.8 Å². The first-order valence-corrected chi connectivity index (χ1v) is 13.2. The number of thioether (sulfide) groups is 1. The van der Waals surface area contributed by atoms with Crippen molar-refractivity contribution < 1.29 is 28.5 Å². The minimum Gasteiger partial charge on any atom is -0.507 e. The average Bonchev–Trinajstić information content (AvgIpc) is 3.05. The largest absolute Gasteiger partial charge is 0.507 e. The van der Waals surface area contributed by atoms with E-state index in [0.717, 1.165) is 28.0 Å². The third kappa shape index (κ3) is 3.27. The van der Waals surface area contributed by atoms with Crippen LogP contribution in [0.25, 0.3) is 0 Å². The van der Waals surface area contributed by atoms with Crippen molar-refractivity contribution in [2.75, 3.05) is 37.0 Å². The van der Waals surface area contributed by atoms with Crippen LogP contribution < -0.4 is 4.90 Å². The summed E-state index contributed by atoms with van der Waals surface area (Å²) >= 11 is 1.72. The molecule has 2 aromatic carbocycles. The summed E-state index contributed by atoms with van der Waals surface area (Å²) in [4.78, 5) is 18.3. The quantitative estimate of drug-likeness (QED) is 0.588. The molecule has 2 saturated heterocycles. The van der Waals surface area contributed by atoms with Gasteiger partial charge in [-0.2, -0.15) is 5.01 Å². The first kappa shape index (κ1) is 23.0. The standard InChI is InChI=1S/C26H24F2N4O4S/c27-17-5-4-14-16(21(17)28)12-29-9-11-37-19-3-1-2-15(23(19)29)22(14)32-20-13-36-10-8-30(20)26(35)24-25(34)18(33)6-7-31(24)32/h1-7,18,20,22,33-34H,8-13H2. The van der Waals surface area contributed by atoms with Crippen molar-refractivity contribution >= 4 is 23.4 Å². The molecule has 1 amide bonds. The Morgan fingerprint density at radius 2 is 1.97 bits per heavy atom. The van der Waals surface area contributed by atoms with E-state index in [2.05, 4.69) is 4.90 Å². The fourth-order valence-electron chi connectivity index (χ4n) is 6.03. The van der Waals surface area contributed by atoms with Gasteiger partial charge in [0.05, 0.1) is 24.9 Å². The molecule has 11 heteroatoms. The molecule has 0 bridgehead atoms. The number of fused-ring (bicyclic) bond motifs is 3. The summed E-state index contributed by atoms with van der Waals surface area (Å²) in [6, 6.07) is 8.08. The monoisotopic (exact) mass is 526 g/mol. The SMILES string of the molecule is O=C1C2=C(O)C(O)C=CN2N(C2c3ccc(F)c(F)c3CN3CCSc4cccc2c43)C2COCCN12. The minimum atomic E-state index is -1.32. The zero-order chi connectivity index (χ0) is 25.4. The molecule has 2 aromatic rings. The molecule has 3 atom stereocenters. The van der Waals surface area contributed by atoms with Crippen LogP contribution in [-0.2, 0) is 16.1 Å². The highest BCUT2D eigenvalue weighted by atomic mass is 32.2. The Kier molecular flexibility index (Phi) is 5.26. The fraction of sp³-hybridized carbons (Fsp3) is 0.346. The Morgan fingerprint density at radius 1 is 1.11 bits per heavy atom. The maximum Gasteiger partial charge on any atom is 0.277 e. The Bertz CT molecular complexity index is 1380. The molecule has 0 radical (unpaired) electrons. The third-order valence-electron chi connectivity index (χ3n) is 7.68. The Labute approximate surface area is 216 Å². The van der Waals surface area contributed by atoms with E-state index in [4.69, 9.17) is 4.74 Å². The van der Waals surface area contributed by atoms with Crippen molar-refractivity contribution in [3.8, 4) is 0 Å². The lowest BCUT2D eigenvalue weighted by atomic mass is 9.92. The van der Waals surface area contributed by atoms with Gasteiger partial charge in [0.15, 0.2) is 23.1 Å². The molecule has 3 unspecified atom stereocenters. The topological polar surface area (TPSA) is 79.7 Å². The number of hydrogen-bond acceptors (Lipinski definition) is 8. The first-order valence-electron chi connectivity index (χ1n) is 12.2. The minimum absolute atomic E-state index is 0.0578. The highest BCUT2D eigenvalue weighted by Gasteiger charge is 2.51. The predicted octanol–water partition coefficient (Wildman–Crippen LogP) is 2.86. The van der Waals surface area contributed by atoms with Gasteiger partial charge in [0.2, 0.25) is 0 Å². The molecule has 192 valence electrons. The number of nitrogens with zero attached hydrogens (tertiary/aromatic N) is 4. The maximum absolute atomic E-state index is 15.5. The number of anilines is 1. The van der Waals surface area contributed by atoms with Gasteiger partial charge >= 0.3 is 0 Å². The Balaban J connectivity index is 1.51. The molecule has 37 heavy (non-hydrogen) atoms. The first-order chi connectivity index (χ1) is 18.0. The zero-order valence-electron chi connectivity index (χ0n) is 19.7. The van der Waals surface area contributed by atoms with Crippen molar-refractivity contribution in [3.63, 3.8) is 0 Å². The molecule has 0 saturated carbocycles. The number of rotatable bonds is 1. The van der Waals surface area contributed by atoms with E-state index in [1.807, 2.05) is 23.2 Å². The van der Waals surface area contributed by atoms with E-state index < -0.39 is 41.6 Å². The molecule has 7 rings (SSSR count). The molecule has 0 aliphatic carbocycles. The van der Waals surface area contributed by atoms with Crippen LogP contribution in [0.15, 0.2) is 59.0 Å². The number of hydrazine groups is 1. The number of amides is 1. The lowest BCUT2D eigenvalue weighted by Gasteiger charge is -2.55. The van der Waals surface area contributed by atoms with Crippen LogP contribution in [0.4, 0.5) is 14.5 Å². The Morgan fingerprint density at radius 3 is 2.84 bits per heavy atom. The number of para-hydroxylation sites is 1. The summed E-state index contributed by atoms with van der Waals surface area (Å²) in [5.74, 6) is -1.84. The summed E-state index contributed by atoms with van der Waals surface area (Å²) < 4.78 is 35.8. The molecular formula is C26H24F2N4O4S. The molecule has 0 spiro atoms. The summed E-state index contributed by atoms with van der Waals surface area (Å²) in [5.41, 5.74) is 2.61. The van der Waals surface area contributed by atoms with E-state index in [1.54, 1.807) is 33.9 Å². The number of aliphatic hydroxyl groups is 2. The molecule has 2 N–H and O–H groups in total. The van der Waals surface area contributed by atoms with Gasteiger partial charge in [-0.25, -0.2) is 8.78 Å². The summed E-state index contributed by atoms with van der Waals surface area (Å²) in [6.45, 7) is 1.69. The van der Waals surface area contributed by atoms with Gasteiger partial charge in [-0.3, -0.25) is 9.80 Å². The van der Waals surface area contributed by atoms with Gasteiger partial charge in [0.25, 0.3) is 5.91 Å². The summed E-state index contributed by atoms with van der Waals surface area (Å²) in [7, 11) is 0. The van der Waals surface area contributed by atoms with Crippen LogP contribution in [0.1, 0.15) is 22.7 Å². The van der Waals surface area contributed by atoms with Crippen molar-refractivity contribution in [3.05, 3.63) is 82.4 Å². The van der Waals surface area contributed by atoms with E-state index in [1.165, 1.54) is 6.08 Å². The lowest BCUT2D eigenvalue weighted by molar-refractivity contribution is -0.190. The van der Waals surface area contributed by atoms with Crippen LogP contribution in [0, 0.1) is 11.6 Å². The molecule has 5 aliphatic rings. The number of ether oxygens (including phenoxy) is 1. The average molecular weight is 527 g/mol. The molecule has 2 fully saturated rings. The van der Waals surface area contributed by atoms with Gasteiger partial charge < -0.3 is 24.7 Å². The predicted molar refractivity (Wildman–Crippen MR) is 131 cm³/mol. The second-order valence-corrected chi connectivity index (χ2v) is 10.7. The molecule has 0 aromatic heterocycles. The van der Waals surface area contributed by atoms with Crippen LogP contribution >= 0.6 is 11.8 Å². The zero-order valence-corrected chi connectivity index (χ0v) is 20.5. The number of morpholine rings is 1. The van der Waals surface area contributed by atoms with Crippen molar-refractivity contribution in [1.29, 1.82) is 0 Å². The van der Waals surface area contributed by atoms with Crippen LogP contribution in [-0.4, -0.2) is 75.4 Å². The third-order valence-corrected chi connectivity index (χ3v) is 8.71. The number of benzene rings is 2. The number of carbonyl (C=O) groups is 1. The summed E-state index contributed by atoms with van der Waals surface area (Å²) in [6.07, 6.45) is 1.04. The molecule has 8 nitrogen and oxygen atoms in total. The van der Waals surface area contributed by atoms with Crippen molar-refractivity contribution in [2.24, 2.45) is 0 Å². The lowest BCUT2D eigenvalue weighted by Crippen LogP contribution is -2.67. The maximum atomic E-state index is 15.5. The van der Waals surface area contributed by atoms with E-state index in [-0.39, 0.29) is 31.0 Å². The molecular weight excluding hydrogens is 502 g/mol. The van der Waals surface area contributed by atoms with Gasteiger partial charge in [-0.1, -0.05) is 18.2 Å². The second kappa shape index (κ2) is 8.45. The highest BCUT2D eigenvalue weighted by Crippen LogP contribution is 2.50. The Hall–Kier alpha value is -3.12. The molecule has 5 heterocycles. The second-order valence-electron chi connectivity index (χ2n) is 9.59. The fourth-order valence-corrected chi connectivity index (χ4v) is 7.12. The number of hydrogen-bond donors (Lipinski definition) is 2. The summed E-state index contributed by atoms with van der Waals surface area (Å²) in [5, 5.41) is 24.6. The van der Waals surface area contributed by atoms with Crippen LogP contribution in [0.3, 0.4) is 0 Å². The number of carbonyl (C=O) groups excluding carboxylic acids is 1. The normalized spacial score (nSPS) is 26.9. The van der Waals surface area contributed by atoms with Gasteiger partial charge in [-0.15, -0.1) is 11.8 Å². The van der Waals surface area contributed by atoms with Crippen molar-refractivity contribution in [1.82, 2.24) is 14.9 Å². The van der Waals surface area contributed by atoms with E-state index >= 15 is 4.39 Å². The van der Waals surface area contributed by atoms with Crippen molar-refractivity contribution in [2.45, 2.75) is 29.8 Å². The number of halogens is 2. The van der Waals surface area contributed by atoms with E-state index in [0.29, 0.717) is 18.7 Å². The molecule has 5 aliphatic heterocycles. The van der Waals surface area contributed by atoms with Crippen LogP contribution in [0.2, 0.25) is 0 Å². The highest BCUT2D eigenvalue weighted by molar-refractivity contribution is 7.99. The smallest absolute Gasteiger partial charge is 0.277 e. The van der Waals surface area contributed by atoms with Crippen LogP contribution in [0.5, 0.6) is 0 Å².